The fraction of sp³-hybridized carbons (Fsp3) is 0.750. The minimum absolute atomic E-state index is 0.0480. The lowest BCUT2D eigenvalue weighted by atomic mass is 10.0. The molecule has 0 aliphatic heterocycles. The van der Waals surface area contributed by atoms with Crippen LogP contribution < -0.4 is 5.32 Å². The van der Waals surface area contributed by atoms with Crippen molar-refractivity contribution in [2.75, 3.05) is 13.7 Å². The van der Waals surface area contributed by atoms with E-state index in [0.717, 1.165) is 19.3 Å². The number of methoxy groups -OCH3 is 1. The van der Waals surface area contributed by atoms with Crippen molar-refractivity contribution < 1.29 is 9.53 Å². The number of carbonyl (C=O) groups excluding carboxylic acids is 1. The molecule has 0 aromatic rings. The summed E-state index contributed by atoms with van der Waals surface area (Å²) in [5, 5.41) is 2.85. The van der Waals surface area contributed by atoms with Crippen LogP contribution in [0.1, 0.15) is 39.5 Å². The van der Waals surface area contributed by atoms with Crippen molar-refractivity contribution in [3.63, 3.8) is 0 Å². The second kappa shape index (κ2) is 7.30. The number of ether oxygens (including phenoxy) is 1. The molecule has 0 rings (SSSR count). The second-order valence-corrected chi connectivity index (χ2v) is 3.71. The molecule has 0 heterocycles. The number of carbonyl (C=O) groups is 1. The van der Waals surface area contributed by atoms with E-state index in [0.29, 0.717) is 13.0 Å². The van der Waals surface area contributed by atoms with Crippen LogP contribution in [-0.2, 0) is 9.53 Å². The maximum absolute atomic E-state index is 11.7. The van der Waals surface area contributed by atoms with Crippen molar-refractivity contribution in [3.05, 3.63) is 0 Å². The Bertz CT molecular complexity index is 226. The first-order valence-corrected chi connectivity index (χ1v) is 5.37. The minimum atomic E-state index is -0.702. The molecule has 1 unspecified atom stereocenters. The van der Waals surface area contributed by atoms with Gasteiger partial charge in [0.2, 0.25) is 0 Å². The predicted octanol–water partition coefficient (Wildman–Crippen LogP) is 1.72. The Morgan fingerprint density at radius 1 is 1.53 bits per heavy atom. The molecule has 0 spiro atoms. The third kappa shape index (κ3) is 4.85. The van der Waals surface area contributed by atoms with Gasteiger partial charge in [0.25, 0.3) is 5.91 Å². The average molecular weight is 211 g/mol. The van der Waals surface area contributed by atoms with Crippen molar-refractivity contribution in [2.24, 2.45) is 0 Å². The molecule has 3 nitrogen and oxygen atoms in total. The molecule has 0 saturated carbocycles. The zero-order chi connectivity index (χ0) is 11.7. The van der Waals surface area contributed by atoms with Crippen LogP contribution >= 0.6 is 0 Å². The summed E-state index contributed by atoms with van der Waals surface area (Å²) in [6.45, 7) is 4.39. The van der Waals surface area contributed by atoms with Crippen LogP contribution in [0.15, 0.2) is 0 Å². The number of unbranched alkanes of at least 4 members (excludes halogenated alkanes) is 2. The topological polar surface area (TPSA) is 38.3 Å². The fourth-order valence-electron chi connectivity index (χ4n) is 1.14. The Morgan fingerprint density at radius 2 is 2.20 bits per heavy atom. The van der Waals surface area contributed by atoms with E-state index in [4.69, 9.17) is 11.2 Å². The third-order valence-electron chi connectivity index (χ3n) is 2.64. The summed E-state index contributed by atoms with van der Waals surface area (Å²) in [7, 11) is 1.56. The highest BCUT2D eigenvalue weighted by Gasteiger charge is 2.30. The van der Waals surface area contributed by atoms with Gasteiger partial charge in [-0.2, -0.15) is 0 Å². The molecule has 0 aliphatic rings. The Labute approximate surface area is 92.6 Å². The maximum Gasteiger partial charge on any atom is 0.251 e. The van der Waals surface area contributed by atoms with E-state index in [1.165, 1.54) is 0 Å². The lowest BCUT2D eigenvalue weighted by Crippen LogP contribution is -2.45. The van der Waals surface area contributed by atoms with Gasteiger partial charge in [-0.3, -0.25) is 4.79 Å². The molecule has 3 heteroatoms. The zero-order valence-corrected chi connectivity index (χ0v) is 9.93. The highest BCUT2D eigenvalue weighted by Crippen LogP contribution is 2.13. The van der Waals surface area contributed by atoms with Gasteiger partial charge in [-0.05, 0) is 26.2 Å². The molecule has 0 aromatic heterocycles. The van der Waals surface area contributed by atoms with Crippen molar-refractivity contribution in [1.82, 2.24) is 5.32 Å². The molecule has 0 aromatic carbocycles. The average Bonchev–Trinajstić information content (AvgIpc) is 2.27. The molecular formula is C12H21NO2. The molecule has 0 radical (unpaired) electrons. The second-order valence-electron chi connectivity index (χ2n) is 3.71. The number of terminal acetylenes is 1. The Hall–Kier alpha value is -1.01. The van der Waals surface area contributed by atoms with Gasteiger partial charge in [0.1, 0.15) is 5.60 Å². The largest absolute Gasteiger partial charge is 0.369 e. The zero-order valence-electron chi connectivity index (χ0n) is 9.93. The van der Waals surface area contributed by atoms with Gasteiger partial charge in [0.15, 0.2) is 0 Å². The van der Waals surface area contributed by atoms with Gasteiger partial charge < -0.3 is 10.1 Å². The van der Waals surface area contributed by atoms with E-state index in [2.05, 4.69) is 11.2 Å². The molecule has 0 fully saturated rings. The molecule has 1 N–H and O–H groups in total. The van der Waals surface area contributed by atoms with E-state index in [1.807, 2.05) is 6.92 Å². The molecule has 15 heavy (non-hydrogen) atoms. The smallest absolute Gasteiger partial charge is 0.251 e. The van der Waals surface area contributed by atoms with E-state index < -0.39 is 5.60 Å². The van der Waals surface area contributed by atoms with Crippen molar-refractivity contribution in [2.45, 2.75) is 45.1 Å². The van der Waals surface area contributed by atoms with Crippen molar-refractivity contribution in [1.29, 1.82) is 0 Å². The van der Waals surface area contributed by atoms with Gasteiger partial charge in [0.05, 0.1) is 0 Å². The quantitative estimate of drug-likeness (QED) is 0.514. The summed E-state index contributed by atoms with van der Waals surface area (Å²) in [6, 6.07) is 0. The molecule has 1 atom stereocenters. The van der Waals surface area contributed by atoms with Crippen LogP contribution in [0, 0.1) is 12.3 Å². The Morgan fingerprint density at radius 3 is 2.67 bits per heavy atom. The van der Waals surface area contributed by atoms with Gasteiger partial charge in [-0.25, -0.2) is 0 Å². The summed E-state index contributed by atoms with van der Waals surface area (Å²) in [4.78, 5) is 11.7. The Kier molecular flexibility index (Phi) is 6.81. The van der Waals surface area contributed by atoms with Crippen molar-refractivity contribution >= 4 is 5.91 Å². The number of hydrogen-bond donors (Lipinski definition) is 1. The van der Waals surface area contributed by atoms with Crippen LogP contribution in [-0.4, -0.2) is 25.2 Å². The fourth-order valence-corrected chi connectivity index (χ4v) is 1.14. The van der Waals surface area contributed by atoms with Crippen LogP contribution in [0.25, 0.3) is 0 Å². The van der Waals surface area contributed by atoms with E-state index >= 15 is 0 Å². The summed E-state index contributed by atoms with van der Waals surface area (Å²) in [5.41, 5.74) is -0.702. The lowest BCUT2D eigenvalue weighted by molar-refractivity contribution is -0.141. The number of nitrogens with one attached hydrogen (secondary N) is 1. The molecule has 0 bridgehead atoms. The van der Waals surface area contributed by atoms with Crippen LogP contribution in [0.5, 0.6) is 0 Å². The van der Waals surface area contributed by atoms with Gasteiger partial charge in [-0.1, -0.05) is 6.92 Å². The van der Waals surface area contributed by atoms with Crippen molar-refractivity contribution in [3.8, 4) is 12.3 Å². The first kappa shape index (κ1) is 14.0. The summed E-state index contributed by atoms with van der Waals surface area (Å²) < 4.78 is 5.18. The van der Waals surface area contributed by atoms with Gasteiger partial charge >= 0.3 is 0 Å². The summed E-state index contributed by atoms with van der Waals surface area (Å²) in [6.07, 6.45) is 8.43. The molecule has 86 valence electrons. The predicted molar refractivity (Wildman–Crippen MR) is 61.4 cm³/mol. The standard InChI is InChI=1S/C12H21NO2/c1-5-7-8-9-10-13-11(14)12(3,6-2)15-4/h1H,6-10H2,2-4H3,(H,13,14). The number of hydrogen-bond acceptors (Lipinski definition) is 2. The van der Waals surface area contributed by atoms with E-state index in [-0.39, 0.29) is 5.91 Å². The van der Waals surface area contributed by atoms with E-state index in [9.17, 15) is 4.79 Å². The molecule has 0 saturated heterocycles. The van der Waals surface area contributed by atoms with Crippen LogP contribution in [0.2, 0.25) is 0 Å². The lowest BCUT2D eigenvalue weighted by Gasteiger charge is -2.25. The highest BCUT2D eigenvalue weighted by atomic mass is 16.5. The normalized spacial score (nSPS) is 14.0. The van der Waals surface area contributed by atoms with E-state index in [1.54, 1.807) is 14.0 Å². The maximum atomic E-state index is 11.7. The minimum Gasteiger partial charge on any atom is -0.369 e. The van der Waals surface area contributed by atoms with Crippen LogP contribution in [0.3, 0.4) is 0 Å². The summed E-state index contributed by atoms with van der Waals surface area (Å²) >= 11 is 0. The Balaban J connectivity index is 3.78. The SMILES string of the molecule is C#CCCCCNC(=O)C(C)(CC)OC. The first-order chi connectivity index (χ1) is 7.10. The van der Waals surface area contributed by atoms with Gasteiger partial charge in [0, 0.05) is 20.1 Å². The first-order valence-electron chi connectivity index (χ1n) is 5.37. The molecule has 0 aliphatic carbocycles. The molecular weight excluding hydrogens is 190 g/mol. The highest BCUT2D eigenvalue weighted by molar-refractivity contribution is 5.84. The summed E-state index contributed by atoms with van der Waals surface area (Å²) in [5.74, 6) is 2.52. The molecule has 1 amide bonds. The van der Waals surface area contributed by atoms with Gasteiger partial charge in [-0.15, -0.1) is 12.3 Å². The van der Waals surface area contributed by atoms with Crippen LogP contribution in [0.4, 0.5) is 0 Å². The third-order valence-corrected chi connectivity index (χ3v) is 2.64. The monoisotopic (exact) mass is 211 g/mol. The number of rotatable bonds is 7. The number of amides is 1.